The number of hydrogen-bond acceptors (Lipinski definition) is 5. The van der Waals surface area contributed by atoms with Crippen molar-refractivity contribution in [2.75, 3.05) is 19.3 Å². The van der Waals surface area contributed by atoms with Crippen LogP contribution in [0.1, 0.15) is 12.8 Å². The Hall–Kier alpha value is -0.990. The first-order valence-corrected chi connectivity index (χ1v) is 9.30. The molecule has 106 valence electrons. The molecule has 0 N–H and O–H groups in total. The van der Waals surface area contributed by atoms with E-state index in [0.717, 1.165) is 0 Å². The fourth-order valence-corrected chi connectivity index (χ4v) is 4.65. The average molecular weight is 304 g/mol. The second-order valence-corrected chi connectivity index (χ2v) is 8.89. The predicted molar refractivity (Wildman–Crippen MR) is 70.9 cm³/mol. The molecule has 1 fully saturated rings. The van der Waals surface area contributed by atoms with Crippen molar-refractivity contribution in [2.45, 2.75) is 23.0 Å². The number of sulfonamides is 1. The minimum Gasteiger partial charge on any atom is -0.263 e. The highest BCUT2D eigenvalue weighted by molar-refractivity contribution is 7.91. The zero-order valence-electron chi connectivity index (χ0n) is 10.6. The van der Waals surface area contributed by atoms with Gasteiger partial charge in [-0.15, -0.1) is 0 Å². The van der Waals surface area contributed by atoms with Gasteiger partial charge in [0.15, 0.2) is 0 Å². The van der Waals surface area contributed by atoms with Crippen LogP contribution >= 0.6 is 0 Å². The van der Waals surface area contributed by atoms with Gasteiger partial charge >= 0.3 is 0 Å². The third-order valence-electron chi connectivity index (χ3n) is 3.28. The number of pyridine rings is 1. The van der Waals surface area contributed by atoms with Gasteiger partial charge in [0.25, 0.3) is 0 Å². The van der Waals surface area contributed by atoms with Crippen LogP contribution in [0.25, 0.3) is 0 Å². The summed E-state index contributed by atoms with van der Waals surface area (Å²) >= 11 is 0. The Morgan fingerprint density at radius 3 is 2.32 bits per heavy atom. The van der Waals surface area contributed by atoms with Crippen molar-refractivity contribution in [3.05, 3.63) is 24.5 Å². The van der Waals surface area contributed by atoms with Gasteiger partial charge in [-0.2, -0.15) is 4.31 Å². The Labute approximate surface area is 113 Å². The first-order chi connectivity index (χ1) is 8.82. The summed E-state index contributed by atoms with van der Waals surface area (Å²) in [6.07, 6.45) is 4.70. The van der Waals surface area contributed by atoms with Gasteiger partial charge in [-0.05, 0) is 25.0 Å². The largest absolute Gasteiger partial charge is 0.263 e. The number of sulfone groups is 1. The van der Waals surface area contributed by atoms with E-state index in [1.807, 2.05) is 0 Å². The summed E-state index contributed by atoms with van der Waals surface area (Å²) in [4.78, 5) is 3.94. The second kappa shape index (κ2) is 5.18. The topological polar surface area (TPSA) is 84.4 Å². The molecule has 0 spiro atoms. The monoisotopic (exact) mass is 304 g/mol. The number of aromatic nitrogens is 1. The van der Waals surface area contributed by atoms with Crippen LogP contribution in [-0.4, -0.2) is 50.7 Å². The van der Waals surface area contributed by atoms with Gasteiger partial charge in [0, 0.05) is 31.7 Å². The third-order valence-corrected chi connectivity index (χ3v) is 6.84. The van der Waals surface area contributed by atoms with Crippen LogP contribution in [0.4, 0.5) is 0 Å². The number of rotatable bonds is 3. The molecule has 0 atom stereocenters. The van der Waals surface area contributed by atoms with Crippen molar-refractivity contribution >= 4 is 19.9 Å². The molecule has 0 aromatic carbocycles. The van der Waals surface area contributed by atoms with Crippen LogP contribution in [0.5, 0.6) is 0 Å². The van der Waals surface area contributed by atoms with Gasteiger partial charge in [0.05, 0.1) is 5.25 Å². The molecule has 0 unspecified atom stereocenters. The van der Waals surface area contributed by atoms with Gasteiger partial charge in [0.2, 0.25) is 10.0 Å². The maximum absolute atomic E-state index is 12.3. The fraction of sp³-hybridized carbons (Fsp3) is 0.545. The molecule has 1 aromatic rings. The van der Waals surface area contributed by atoms with Crippen molar-refractivity contribution in [3.8, 4) is 0 Å². The lowest BCUT2D eigenvalue weighted by molar-refractivity contribution is 0.346. The standard InChI is InChI=1S/C11H16N2O4S2/c1-18(14,15)10-4-7-13(8-5-10)19(16,17)11-3-2-6-12-9-11/h2-3,6,9-10H,4-5,7-8H2,1H3. The van der Waals surface area contributed by atoms with E-state index < -0.39 is 25.1 Å². The molecule has 0 radical (unpaired) electrons. The SMILES string of the molecule is CS(=O)(=O)C1CCN(S(=O)(=O)c2cccnc2)CC1. The first-order valence-electron chi connectivity index (χ1n) is 5.91. The normalized spacial score (nSPS) is 19.4. The fourth-order valence-electron chi connectivity index (χ4n) is 2.15. The van der Waals surface area contributed by atoms with E-state index in [9.17, 15) is 16.8 Å². The smallest absolute Gasteiger partial charge is 0.244 e. The van der Waals surface area contributed by atoms with Crippen molar-refractivity contribution in [2.24, 2.45) is 0 Å². The van der Waals surface area contributed by atoms with E-state index in [0.29, 0.717) is 12.8 Å². The Morgan fingerprint density at radius 1 is 1.21 bits per heavy atom. The maximum atomic E-state index is 12.3. The predicted octanol–water partition coefficient (Wildman–Crippen LogP) is 0.279. The van der Waals surface area contributed by atoms with Crippen LogP contribution in [-0.2, 0) is 19.9 Å². The molecule has 19 heavy (non-hydrogen) atoms. The summed E-state index contributed by atoms with van der Waals surface area (Å²) in [6, 6.07) is 3.06. The molecule has 1 aromatic heterocycles. The number of nitrogens with zero attached hydrogens (tertiary/aromatic N) is 2. The third kappa shape index (κ3) is 3.13. The minimum atomic E-state index is -3.55. The molecule has 0 bridgehead atoms. The zero-order valence-corrected chi connectivity index (χ0v) is 12.2. The molecule has 0 saturated carbocycles. The lowest BCUT2D eigenvalue weighted by Gasteiger charge is -2.30. The molecule has 6 nitrogen and oxygen atoms in total. The Bertz CT molecular complexity index is 633. The Balaban J connectivity index is 2.14. The van der Waals surface area contributed by atoms with E-state index in [2.05, 4.69) is 4.98 Å². The minimum absolute atomic E-state index is 0.146. The van der Waals surface area contributed by atoms with Gasteiger partial charge < -0.3 is 0 Å². The van der Waals surface area contributed by atoms with Crippen LogP contribution in [0.15, 0.2) is 29.4 Å². The van der Waals surface area contributed by atoms with Crippen molar-refractivity contribution in [3.63, 3.8) is 0 Å². The van der Waals surface area contributed by atoms with Crippen molar-refractivity contribution < 1.29 is 16.8 Å². The Morgan fingerprint density at radius 2 is 1.84 bits per heavy atom. The molecule has 2 rings (SSSR count). The van der Waals surface area contributed by atoms with Gasteiger partial charge in [-0.3, -0.25) is 4.98 Å². The zero-order chi connectivity index (χ0) is 14.1. The Kier molecular flexibility index (Phi) is 3.93. The number of hydrogen-bond donors (Lipinski definition) is 0. The van der Waals surface area contributed by atoms with Crippen molar-refractivity contribution in [1.82, 2.24) is 9.29 Å². The number of piperidine rings is 1. The van der Waals surface area contributed by atoms with Gasteiger partial charge in [-0.25, -0.2) is 16.8 Å². The van der Waals surface area contributed by atoms with Crippen LogP contribution in [0.3, 0.4) is 0 Å². The molecule has 0 aliphatic carbocycles. The lowest BCUT2D eigenvalue weighted by atomic mass is 10.2. The van der Waals surface area contributed by atoms with E-state index in [1.165, 1.54) is 29.0 Å². The summed E-state index contributed by atoms with van der Waals surface area (Å²) in [6.45, 7) is 0.462. The van der Waals surface area contributed by atoms with E-state index in [1.54, 1.807) is 6.07 Å². The van der Waals surface area contributed by atoms with Crippen molar-refractivity contribution in [1.29, 1.82) is 0 Å². The molecule has 8 heteroatoms. The summed E-state index contributed by atoms with van der Waals surface area (Å²) in [5, 5.41) is -0.437. The molecule has 1 aliphatic rings. The van der Waals surface area contributed by atoms with E-state index in [-0.39, 0.29) is 18.0 Å². The quantitative estimate of drug-likeness (QED) is 0.801. The summed E-state index contributed by atoms with van der Waals surface area (Å²) < 4.78 is 48.8. The van der Waals surface area contributed by atoms with Crippen LogP contribution in [0, 0.1) is 0 Å². The summed E-state index contributed by atoms with van der Waals surface area (Å²) in [5.41, 5.74) is 0. The summed E-state index contributed by atoms with van der Waals surface area (Å²) in [7, 11) is -6.65. The highest BCUT2D eigenvalue weighted by atomic mass is 32.2. The van der Waals surface area contributed by atoms with E-state index in [4.69, 9.17) is 0 Å². The second-order valence-electron chi connectivity index (χ2n) is 4.62. The molecular weight excluding hydrogens is 288 g/mol. The molecule has 0 amide bonds. The molecule has 2 heterocycles. The first kappa shape index (κ1) is 14.4. The van der Waals surface area contributed by atoms with Gasteiger partial charge in [-0.1, -0.05) is 0 Å². The molecular formula is C11H16N2O4S2. The highest BCUT2D eigenvalue weighted by Gasteiger charge is 2.32. The van der Waals surface area contributed by atoms with Crippen LogP contribution < -0.4 is 0 Å². The maximum Gasteiger partial charge on any atom is 0.244 e. The summed E-state index contributed by atoms with van der Waals surface area (Å²) in [5.74, 6) is 0. The average Bonchev–Trinajstić information content (AvgIpc) is 2.39. The van der Waals surface area contributed by atoms with Crippen LogP contribution in [0.2, 0.25) is 0 Å². The van der Waals surface area contributed by atoms with Gasteiger partial charge in [0.1, 0.15) is 14.7 Å². The lowest BCUT2D eigenvalue weighted by Crippen LogP contribution is -2.42. The highest BCUT2D eigenvalue weighted by Crippen LogP contribution is 2.22. The van der Waals surface area contributed by atoms with E-state index >= 15 is 0 Å². The molecule has 1 saturated heterocycles. The molecule has 1 aliphatic heterocycles.